The van der Waals surface area contributed by atoms with E-state index < -0.39 is 32.6 Å². The summed E-state index contributed by atoms with van der Waals surface area (Å²) in [5.74, 6) is -1.89. The van der Waals surface area contributed by atoms with Crippen molar-refractivity contribution in [3.8, 4) is 0 Å². The van der Waals surface area contributed by atoms with E-state index in [0.29, 0.717) is 11.4 Å². The summed E-state index contributed by atoms with van der Waals surface area (Å²) in [6.07, 6.45) is 0. The van der Waals surface area contributed by atoms with Crippen LogP contribution in [0, 0.1) is 11.6 Å². The van der Waals surface area contributed by atoms with Crippen molar-refractivity contribution in [3.05, 3.63) is 29.8 Å². The van der Waals surface area contributed by atoms with Crippen molar-refractivity contribution in [1.29, 1.82) is 0 Å². The number of hydrogen-bond donors (Lipinski definition) is 0. The second-order valence-electron chi connectivity index (χ2n) is 4.07. The standard InChI is InChI=1S/C11H12BrF2NO3S/c12-6-9-7-18-4-3-15(9)19(16,17)11-2-1-8(13)5-10(11)14/h1-2,5,9H,3-4,6-7H2. The topological polar surface area (TPSA) is 46.6 Å². The van der Waals surface area contributed by atoms with E-state index in [1.54, 1.807) is 0 Å². The number of benzene rings is 1. The van der Waals surface area contributed by atoms with E-state index in [1.165, 1.54) is 4.31 Å². The minimum absolute atomic E-state index is 0.148. The van der Waals surface area contributed by atoms with Gasteiger partial charge in [-0.05, 0) is 12.1 Å². The summed E-state index contributed by atoms with van der Waals surface area (Å²) in [4.78, 5) is -0.512. The van der Waals surface area contributed by atoms with Gasteiger partial charge in [-0.25, -0.2) is 17.2 Å². The minimum Gasteiger partial charge on any atom is -0.378 e. The van der Waals surface area contributed by atoms with Crippen molar-refractivity contribution < 1.29 is 21.9 Å². The zero-order valence-corrected chi connectivity index (χ0v) is 12.3. The van der Waals surface area contributed by atoms with E-state index in [4.69, 9.17) is 4.74 Å². The molecule has 0 aromatic heterocycles. The Morgan fingerprint density at radius 2 is 2.16 bits per heavy atom. The number of rotatable bonds is 3. The molecule has 8 heteroatoms. The van der Waals surface area contributed by atoms with Crippen LogP contribution in [0.25, 0.3) is 0 Å². The predicted molar refractivity (Wildman–Crippen MR) is 68.7 cm³/mol. The number of halogens is 3. The highest BCUT2D eigenvalue weighted by Gasteiger charge is 2.35. The molecular formula is C11H12BrF2NO3S. The third-order valence-corrected chi connectivity index (χ3v) is 5.56. The molecule has 0 amide bonds. The summed E-state index contributed by atoms with van der Waals surface area (Å²) < 4.78 is 57.6. The third-order valence-electron chi connectivity index (χ3n) is 2.83. The first-order valence-corrected chi connectivity index (χ1v) is 8.13. The lowest BCUT2D eigenvalue weighted by molar-refractivity contribution is 0.0412. The van der Waals surface area contributed by atoms with E-state index in [0.717, 1.165) is 12.1 Å². The average Bonchev–Trinajstić information content (AvgIpc) is 2.38. The molecule has 0 bridgehead atoms. The molecule has 4 nitrogen and oxygen atoms in total. The molecular weight excluding hydrogens is 344 g/mol. The van der Waals surface area contributed by atoms with Crippen LogP contribution < -0.4 is 0 Å². The van der Waals surface area contributed by atoms with Gasteiger partial charge >= 0.3 is 0 Å². The SMILES string of the molecule is O=S(=O)(c1ccc(F)cc1F)N1CCOCC1CBr. The van der Waals surface area contributed by atoms with Gasteiger partial charge in [-0.2, -0.15) is 4.31 Å². The Labute approximate surface area is 118 Å². The molecule has 1 aliphatic rings. The normalized spacial score (nSPS) is 21.5. The Morgan fingerprint density at radius 3 is 2.79 bits per heavy atom. The highest BCUT2D eigenvalue weighted by molar-refractivity contribution is 9.09. The maximum atomic E-state index is 13.6. The lowest BCUT2D eigenvalue weighted by Gasteiger charge is -2.33. The van der Waals surface area contributed by atoms with Gasteiger partial charge < -0.3 is 4.74 Å². The van der Waals surface area contributed by atoms with Crippen LogP contribution >= 0.6 is 15.9 Å². The molecule has 0 N–H and O–H groups in total. The van der Waals surface area contributed by atoms with Gasteiger partial charge in [0, 0.05) is 17.9 Å². The van der Waals surface area contributed by atoms with Gasteiger partial charge in [-0.1, -0.05) is 15.9 Å². The number of morpholine rings is 1. The van der Waals surface area contributed by atoms with Gasteiger partial charge in [0.25, 0.3) is 0 Å². The Hall–Kier alpha value is -0.570. The second-order valence-corrected chi connectivity index (χ2v) is 6.58. The fourth-order valence-corrected chi connectivity index (χ4v) is 4.26. The molecule has 1 saturated heterocycles. The molecule has 2 rings (SSSR count). The van der Waals surface area contributed by atoms with Crippen LogP contribution in [0.2, 0.25) is 0 Å². The van der Waals surface area contributed by atoms with E-state index in [2.05, 4.69) is 15.9 Å². The molecule has 1 unspecified atom stereocenters. The molecule has 0 aliphatic carbocycles. The number of sulfonamides is 1. The summed E-state index contributed by atoms with van der Waals surface area (Å²) in [5.41, 5.74) is 0. The van der Waals surface area contributed by atoms with Crippen LogP contribution in [-0.2, 0) is 14.8 Å². The molecule has 1 atom stereocenters. The molecule has 1 aromatic rings. The monoisotopic (exact) mass is 355 g/mol. The molecule has 1 aromatic carbocycles. The fraction of sp³-hybridized carbons (Fsp3) is 0.455. The second kappa shape index (κ2) is 5.82. The first kappa shape index (κ1) is 14.8. The van der Waals surface area contributed by atoms with Gasteiger partial charge in [0.2, 0.25) is 10.0 Å². The van der Waals surface area contributed by atoms with Crippen molar-refractivity contribution in [2.24, 2.45) is 0 Å². The number of nitrogens with zero attached hydrogens (tertiary/aromatic N) is 1. The van der Waals surface area contributed by atoms with Crippen molar-refractivity contribution in [1.82, 2.24) is 4.31 Å². The smallest absolute Gasteiger partial charge is 0.246 e. The fourth-order valence-electron chi connectivity index (χ4n) is 1.89. The average molecular weight is 356 g/mol. The van der Waals surface area contributed by atoms with Crippen molar-refractivity contribution >= 4 is 26.0 Å². The van der Waals surface area contributed by atoms with Gasteiger partial charge in [0.15, 0.2) is 0 Å². The lowest BCUT2D eigenvalue weighted by atomic mass is 10.3. The zero-order valence-electron chi connectivity index (χ0n) is 9.85. The minimum atomic E-state index is -3.99. The molecule has 19 heavy (non-hydrogen) atoms. The molecule has 0 radical (unpaired) electrons. The van der Waals surface area contributed by atoms with E-state index in [9.17, 15) is 17.2 Å². The van der Waals surface area contributed by atoms with Crippen LogP contribution in [0.5, 0.6) is 0 Å². The van der Waals surface area contributed by atoms with Crippen LogP contribution in [0.1, 0.15) is 0 Å². The first-order valence-electron chi connectivity index (χ1n) is 5.57. The molecule has 1 fully saturated rings. The quantitative estimate of drug-likeness (QED) is 0.776. The van der Waals surface area contributed by atoms with Crippen molar-refractivity contribution in [2.45, 2.75) is 10.9 Å². The Kier molecular flexibility index (Phi) is 4.54. The largest absolute Gasteiger partial charge is 0.378 e. The molecule has 0 spiro atoms. The van der Waals surface area contributed by atoms with E-state index in [-0.39, 0.29) is 19.8 Å². The van der Waals surface area contributed by atoms with Crippen LogP contribution in [-0.4, -0.2) is 43.9 Å². The van der Waals surface area contributed by atoms with Gasteiger partial charge in [0.1, 0.15) is 16.5 Å². The summed E-state index contributed by atoms with van der Waals surface area (Å²) in [6.45, 7) is 0.647. The molecule has 1 heterocycles. The van der Waals surface area contributed by atoms with Crippen molar-refractivity contribution in [3.63, 3.8) is 0 Å². The van der Waals surface area contributed by atoms with Gasteiger partial charge in [0.05, 0.1) is 19.3 Å². The van der Waals surface area contributed by atoms with Crippen LogP contribution in [0.15, 0.2) is 23.1 Å². The molecule has 1 aliphatic heterocycles. The number of hydrogen-bond acceptors (Lipinski definition) is 3. The summed E-state index contributed by atoms with van der Waals surface area (Å²) in [7, 11) is -3.99. The first-order chi connectivity index (χ1) is 8.96. The lowest BCUT2D eigenvalue weighted by Crippen LogP contribution is -2.49. The van der Waals surface area contributed by atoms with E-state index in [1.807, 2.05) is 0 Å². The Morgan fingerprint density at radius 1 is 1.42 bits per heavy atom. The maximum absolute atomic E-state index is 13.6. The molecule has 0 saturated carbocycles. The van der Waals surface area contributed by atoms with Crippen LogP contribution in [0.3, 0.4) is 0 Å². The summed E-state index contributed by atoms with van der Waals surface area (Å²) in [5, 5.41) is 0.384. The van der Waals surface area contributed by atoms with Crippen molar-refractivity contribution in [2.75, 3.05) is 25.1 Å². The predicted octanol–water partition coefficient (Wildman–Crippen LogP) is 1.75. The van der Waals surface area contributed by atoms with Gasteiger partial charge in [-0.3, -0.25) is 0 Å². The highest BCUT2D eigenvalue weighted by atomic mass is 79.9. The summed E-state index contributed by atoms with van der Waals surface area (Å²) >= 11 is 3.21. The zero-order chi connectivity index (χ0) is 14.0. The molecule has 106 valence electrons. The number of ether oxygens (including phenoxy) is 1. The third kappa shape index (κ3) is 2.96. The van der Waals surface area contributed by atoms with E-state index >= 15 is 0 Å². The maximum Gasteiger partial charge on any atom is 0.246 e. The Bertz CT molecular complexity index is 567. The highest BCUT2D eigenvalue weighted by Crippen LogP contribution is 2.24. The Balaban J connectivity index is 2.40. The number of alkyl halides is 1. The van der Waals surface area contributed by atoms with Crippen LogP contribution in [0.4, 0.5) is 8.78 Å². The van der Waals surface area contributed by atoms with Gasteiger partial charge in [-0.15, -0.1) is 0 Å². The summed E-state index contributed by atoms with van der Waals surface area (Å²) in [6, 6.07) is 2.04.